The fraction of sp³-hybridized carbons (Fsp3) is 0.552. The molecule has 1 saturated heterocycles. The number of halogens is 4. The van der Waals surface area contributed by atoms with Crippen LogP contribution in [0, 0.1) is 11.9 Å². The van der Waals surface area contributed by atoms with Crippen molar-refractivity contribution in [2.75, 3.05) is 18.6 Å². The van der Waals surface area contributed by atoms with E-state index in [2.05, 4.69) is 15.4 Å². The van der Waals surface area contributed by atoms with Crippen molar-refractivity contribution in [3.63, 3.8) is 0 Å². The van der Waals surface area contributed by atoms with Gasteiger partial charge in [0, 0.05) is 64.4 Å². The topological polar surface area (TPSA) is 76.4 Å². The zero-order valence-corrected chi connectivity index (χ0v) is 23.9. The van der Waals surface area contributed by atoms with Gasteiger partial charge < -0.3 is 5.32 Å². The molecule has 3 heterocycles. The molecule has 2 aromatic heterocycles. The highest BCUT2D eigenvalue weighted by molar-refractivity contribution is 7.85. The van der Waals surface area contributed by atoms with Gasteiger partial charge in [0.2, 0.25) is 11.9 Å². The lowest BCUT2D eigenvalue weighted by molar-refractivity contribution is -0.127. The summed E-state index contributed by atoms with van der Waals surface area (Å²) in [5.41, 5.74) is 3.72. The third-order valence-corrected chi connectivity index (χ3v) is 9.44. The van der Waals surface area contributed by atoms with Gasteiger partial charge in [-0.1, -0.05) is 44.5 Å². The summed E-state index contributed by atoms with van der Waals surface area (Å²) in [4.78, 5) is 15.4. The van der Waals surface area contributed by atoms with Gasteiger partial charge in [-0.3, -0.25) is 9.00 Å². The molecule has 1 unspecified atom stereocenters. The summed E-state index contributed by atoms with van der Waals surface area (Å²) in [6, 6.07) is 7.98. The first-order chi connectivity index (χ1) is 19.1. The van der Waals surface area contributed by atoms with E-state index in [-0.39, 0.29) is 28.7 Å². The second-order valence-electron chi connectivity index (χ2n) is 10.5. The summed E-state index contributed by atoms with van der Waals surface area (Å²) < 4.78 is 64.0. The van der Waals surface area contributed by atoms with Gasteiger partial charge in [-0.15, -0.1) is 5.10 Å². The lowest BCUT2D eigenvalue weighted by atomic mass is 9.66. The van der Waals surface area contributed by atoms with Gasteiger partial charge in [-0.2, -0.15) is 17.6 Å². The number of carbonyl (C=O) groups is 1. The highest BCUT2D eigenvalue weighted by Gasteiger charge is 2.50. The maximum atomic E-state index is 13.7. The van der Waals surface area contributed by atoms with Crippen LogP contribution in [-0.4, -0.2) is 49.4 Å². The van der Waals surface area contributed by atoms with Gasteiger partial charge in [0.25, 0.3) is 0 Å². The van der Waals surface area contributed by atoms with Crippen LogP contribution < -0.4 is 5.32 Å². The van der Waals surface area contributed by atoms with E-state index in [1.807, 2.05) is 13.8 Å². The number of rotatable bonds is 3. The predicted molar refractivity (Wildman–Crippen MR) is 147 cm³/mol. The Balaban J connectivity index is 0.000000240. The quantitative estimate of drug-likeness (QED) is 0.395. The fourth-order valence-corrected chi connectivity index (χ4v) is 7.30. The summed E-state index contributed by atoms with van der Waals surface area (Å²) in [5, 5.41) is 6.62. The molecule has 1 amide bonds. The SMILES string of the molecule is CC.CNC(=O)C1CCS(=O)CC1.Fc1cc2ncc3c(n2n1)C1(CCC1)CC3c1ccc(CC(F)(F)F)cc1. The Hall–Kier alpha value is -2.82. The monoisotopic (exact) mass is 580 g/mol. The molecule has 0 bridgehead atoms. The van der Waals surface area contributed by atoms with Crippen molar-refractivity contribution >= 4 is 22.4 Å². The van der Waals surface area contributed by atoms with Gasteiger partial charge in [-0.05, 0) is 43.2 Å². The Labute approximate surface area is 234 Å². The van der Waals surface area contributed by atoms with Gasteiger partial charge in [0.1, 0.15) is 0 Å². The minimum atomic E-state index is -4.21. The van der Waals surface area contributed by atoms with Crippen LogP contribution in [-0.2, 0) is 27.4 Å². The van der Waals surface area contributed by atoms with E-state index in [0.29, 0.717) is 17.2 Å². The molecule has 11 heteroatoms. The van der Waals surface area contributed by atoms with E-state index < -0.39 is 29.3 Å². The molecule has 3 aromatic rings. The number of carbonyl (C=O) groups excluding carboxylic acids is 1. The van der Waals surface area contributed by atoms with Crippen LogP contribution in [0.3, 0.4) is 0 Å². The molecule has 1 spiro atoms. The Bertz CT molecular complexity index is 1340. The predicted octanol–water partition coefficient (Wildman–Crippen LogP) is 5.85. The van der Waals surface area contributed by atoms with E-state index in [4.69, 9.17) is 0 Å². The number of aromatic nitrogens is 3. The fourth-order valence-electron chi connectivity index (χ4n) is 6.00. The second kappa shape index (κ2) is 12.4. The van der Waals surface area contributed by atoms with E-state index in [9.17, 15) is 26.6 Å². The van der Waals surface area contributed by atoms with E-state index in [1.165, 1.54) is 6.07 Å². The normalized spacial score (nSPS) is 22.8. The molecular weight excluding hydrogens is 544 g/mol. The highest BCUT2D eigenvalue weighted by atomic mass is 32.2. The van der Waals surface area contributed by atoms with Gasteiger partial charge in [-0.25, -0.2) is 9.50 Å². The van der Waals surface area contributed by atoms with E-state index in [0.717, 1.165) is 55.3 Å². The van der Waals surface area contributed by atoms with Crippen LogP contribution in [0.2, 0.25) is 0 Å². The third kappa shape index (κ3) is 6.39. The number of fused-ring (bicyclic) bond motifs is 4. The van der Waals surface area contributed by atoms with Crippen molar-refractivity contribution in [1.29, 1.82) is 0 Å². The molecule has 1 saturated carbocycles. The zero-order chi connectivity index (χ0) is 29.1. The van der Waals surface area contributed by atoms with Gasteiger partial charge in [0.05, 0.1) is 12.1 Å². The minimum Gasteiger partial charge on any atom is -0.359 e. The van der Waals surface area contributed by atoms with Gasteiger partial charge in [0.15, 0.2) is 5.65 Å². The number of nitrogens with zero attached hydrogens (tertiary/aromatic N) is 3. The zero-order valence-electron chi connectivity index (χ0n) is 23.1. The summed E-state index contributed by atoms with van der Waals surface area (Å²) in [5.74, 6) is 1.09. The molecule has 2 aliphatic carbocycles. The molecule has 6 rings (SSSR count). The lowest BCUT2D eigenvalue weighted by Crippen LogP contribution is -2.33. The lowest BCUT2D eigenvalue weighted by Gasteiger charge is -2.39. The van der Waals surface area contributed by atoms with Crippen molar-refractivity contribution in [2.24, 2.45) is 5.92 Å². The smallest absolute Gasteiger partial charge is 0.359 e. The van der Waals surface area contributed by atoms with Crippen molar-refractivity contribution < 1.29 is 26.6 Å². The molecule has 218 valence electrons. The van der Waals surface area contributed by atoms with Crippen molar-refractivity contribution in [1.82, 2.24) is 19.9 Å². The van der Waals surface area contributed by atoms with Gasteiger partial charge >= 0.3 is 6.18 Å². The third-order valence-electron chi connectivity index (χ3n) is 8.06. The molecule has 2 fully saturated rings. The number of benzene rings is 1. The summed E-state index contributed by atoms with van der Waals surface area (Å²) in [7, 11) is 0.987. The molecule has 0 radical (unpaired) electrons. The molecule has 40 heavy (non-hydrogen) atoms. The number of amides is 1. The summed E-state index contributed by atoms with van der Waals surface area (Å²) >= 11 is 0. The highest BCUT2D eigenvalue weighted by Crippen LogP contribution is 2.58. The molecule has 3 aliphatic rings. The molecule has 1 N–H and O–H groups in total. The first-order valence-corrected chi connectivity index (χ1v) is 15.3. The van der Waals surface area contributed by atoms with Crippen LogP contribution in [0.1, 0.15) is 80.7 Å². The van der Waals surface area contributed by atoms with Crippen molar-refractivity contribution in [2.45, 2.75) is 76.3 Å². The van der Waals surface area contributed by atoms with Crippen LogP contribution in [0.5, 0.6) is 0 Å². The first kappa shape index (κ1) is 30.1. The summed E-state index contributed by atoms with van der Waals surface area (Å²) in [6.07, 6.45) is 2.23. The molecule has 6 nitrogen and oxygen atoms in total. The Morgan fingerprint density at radius 3 is 2.35 bits per heavy atom. The Kier molecular flexibility index (Phi) is 9.32. The Morgan fingerprint density at radius 2 is 1.80 bits per heavy atom. The molecule has 1 aliphatic heterocycles. The standard InChI is InChI=1S/C20H17F4N3.C7H13NO2S.C2H6/c21-16-8-17-25-11-15-14(10-19(6-1-7-19)18(15)27(17)26-16)13-4-2-12(3-5-13)9-20(22,23)24;1-8-7(9)6-2-4-11(10)5-3-6;1-2/h2-5,8,11,14H,1,6-7,9-10H2;6H,2-5H2,1H3,(H,8,9);1-2H3. The number of hydrogen-bond donors (Lipinski definition) is 1. The van der Waals surface area contributed by atoms with Crippen LogP contribution in [0.25, 0.3) is 5.65 Å². The van der Waals surface area contributed by atoms with E-state index in [1.54, 1.807) is 42.0 Å². The average molecular weight is 581 g/mol. The van der Waals surface area contributed by atoms with Crippen LogP contribution in [0.4, 0.5) is 17.6 Å². The van der Waals surface area contributed by atoms with Crippen molar-refractivity contribution in [3.8, 4) is 0 Å². The maximum Gasteiger partial charge on any atom is 0.393 e. The van der Waals surface area contributed by atoms with Crippen LogP contribution >= 0.6 is 0 Å². The molecule has 1 aromatic carbocycles. The molecular formula is C29H36F4N4O2S. The number of hydrogen-bond acceptors (Lipinski definition) is 4. The number of nitrogens with one attached hydrogen (secondary N) is 1. The maximum absolute atomic E-state index is 13.7. The van der Waals surface area contributed by atoms with Crippen molar-refractivity contribution in [3.05, 3.63) is 64.9 Å². The second-order valence-corrected chi connectivity index (χ2v) is 12.2. The average Bonchev–Trinajstić information content (AvgIpc) is 3.47. The Morgan fingerprint density at radius 1 is 1.15 bits per heavy atom. The summed E-state index contributed by atoms with van der Waals surface area (Å²) in [6.45, 7) is 4.00. The first-order valence-electron chi connectivity index (χ1n) is 13.9. The number of alkyl halides is 3. The molecule has 1 atom stereocenters. The minimum absolute atomic E-state index is 0.0374. The largest absolute Gasteiger partial charge is 0.393 e. The van der Waals surface area contributed by atoms with E-state index >= 15 is 0 Å². The van der Waals surface area contributed by atoms with Crippen LogP contribution in [0.15, 0.2) is 36.5 Å².